The van der Waals surface area contributed by atoms with Crippen molar-refractivity contribution in [1.29, 1.82) is 0 Å². The molecule has 0 bridgehead atoms. The molecule has 0 aromatic carbocycles. The van der Waals surface area contributed by atoms with Crippen molar-refractivity contribution in [3.63, 3.8) is 0 Å². The van der Waals surface area contributed by atoms with E-state index in [0.29, 0.717) is 0 Å². The summed E-state index contributed by atoms with van der Waals surface area (Å²) < 4.78 is 5.59. The summed E-state index contributed by atoms with van der Waals surface area (Å²) in [7, 11) is 1.85. The minimum atomic E-state index is 0.191. The number of hydrogen-bond donors (Lipinski definition) is 1. The number of thioether (sulfide) groups is 1. The molecular formula is C11H21NOS. The lowest BCUT2D eigenvalue weighted by Crippen LogP contribution is -2.50. The summed E-state index contributed by atoms with van der Waals surface area (Å²) in [6.07, 6.45) is 5.15. The van der Waals surface area contributed by atoms with Crippen LogP contribution in [-0.4, -0.2) is 36.3 Å². The van der Waals surface area contributed by atoms with Crippen LogP contribution >= 0.6 is 11.8 Å². The molecule has 1 saturated heterocycles. The van der Waals surface area contributed by atoms with Gasteiger partial charge >= 0.3 is 0 Å². The fraction of sp³-hybridized carbons (Fsp3) is 1.00. The summed E-state index contributed by atoms with van der Waals surface area (Å²) in [6.45, 7) is 3.38. The highest BCUT2D eigenvalue weighted by Gasteiger charge is 2.37. The molecule has 2 fully saturated rings. The van der Waals surface area contributed by atoms with Crippen molar-refractivity contribution in [3.05, 3.63) is 0 Å². The van der Waals surface area contributed by atoms with Crippen molar-refractivity contribution in [1.82, 2.24) is 5.32 Å². The maximum Gasteiger partial charge on any atom is 0.0802 e. The molecular weight excluding hydrogens is 194 g/mol. The molecule has 0 aromatic rings. The van der Waals surface area contributed by atoms with E-state index in [2.05, 4.69) is 24.0 Å². The van der Waals surface area contributed by atoms with Crippen molar-refractivity contribution < 1.29 is 4.74 Å². The van der Waals surface area contributed by atoms with Crippen LogP contribution in [0.5, 0.6) is 0 Å². The second-order valence-corrected chi connectivity index (χ2v) is 6.17. The van der Waals surface area contributed by atoms with Crippen LogP contribution in [-0.2, 0) is 4.74 Å². The van der Waals surface area contributed by atoms with Gasteiger partial charge in [0.2, 0.25) is 0 Å². The molecule has 82 valence electrons. The standard InChI is InChI=1S/C11H21NOS/c1-9-6-10(7-14-9)12-8-11(13-2)4-3-5-11/h9-10,12H,3-8H2,1-2H3. The maximum absolute atomic E-state index is 5.59. The number of nitrogens with one attached hydrogen (secondary N) is 1. The highest BCUT2D eigenvalue weighted by molar-refractivity contribution is 8.00. The van der Waals surface area contributed by atoms with Gasteiger partial charge < -0.3 is 10.1 Å². The van der Waals surface area contributed by atoms with Gasteiger partial charge in [-0.3, -0.25) is 0 Å². The Hall–Kier alpha value is 0.270. The number of ether oxygens (including phenoxy) is 1. The fourth-order valence-corrected chi connectivity index (χ4v) is 3.50. The van der Waals surface area contributed by atoms with Crippen LogP contribution in [0, 0.1) is 0 Å². The third-order valence-corrected chi connectivity index (χ3v) is 4.97. The largest absolute Gasteiger partial charge is 0.377 e. The zero-order valence-corrected chi connectivity index (χ0v) is 10.0. The minimum Gasteiger partial charge on any atom is -0.377 e. The van der Waals surface area contributed by atoms with Gasteiger partial charge in [0, 0.05) is 30.7 Å². The second kappa shape index (κ2) is 4.42. The van der Waals surface area contributed by atoms with Gasteiger partial charge in [-0.15, -0.1) is 0 Å². The van der Waals surface area contributed by atoms with E-state index in [4.69, 9.17) is 4.74 Å². The Bertz CT molecular complexity index is 188. The molecule has 0 radical (unpaired) electrons. The molecule has 2 unspecified atom stereocenters. The minimum absolute atomic E-state index is 0.191. The first-order chi connectivity index (χ1) is 6.74. The van der Waals surface area contributed by atoms with E-state index in [-0.39, 0.29) is 5.60 Å². The number of hydrogen-bond acceptors (Lipinski definition) is 3. The maximum atomic E-state index is 5.59. The summed E-state index contributed by atoms with van der Waals surface area (Å²) >= 11 is 2.09. The topological polar surface area (TPSA) is 21.3 Å². The number of rotatable bonds is 4. The highest BCUT2D eigenvalue weighted by atomic mass is 32.2. The second-order valence-electron chi connectivity index (χ2n) is 4.70. The Morgan fingerprint density at radius 1 is 1.50 bits per heavy atom. The van der Waals surface area contributed by atoms with Gasteiger partial charge in [0.25, 0.3) is 0 Å². The first-order valence-corrected chi connectivity index (χ1v) is 6.69. The molecule has 0 aromatic heterocycles. The van der Waals surface area contributed by atoms with E-state index in [1.54, 1.807) is 0 Å². The van der Waals surface area contributed by atoms with Gasteiger partial charge in [-0.05, 0) is 25.7 Å². The zero-order valence-electron chi connectivity index (χ0n) is 9.21. The third kappa shape index (κ3) is 2.26. The van der Waals surface area contributed by atoms with Crippen molar-refractivity contribution in [2.75, 3.05) is 19.4 Å². The van der Waals surface area contributed by atoms with E-state index in [1.807, 2.05) is 7.11 Å². The molecule has 1 heterocycles. The van der Waals surface area contributed by atoms with Gasteiger partial charge in [0.05, 0.1) is 5.60 Å². The van der Waals surface area contributed by atoms with Gasteiger partial charge in [-0.1, -0.05) is 6.92 Å². The number of methoxy groups -OCH3 is 1. The molecule has 2 atom stereocenters. The molecule has 2 nitrogen and oxygen atoms in total. The average Bonchev–Trinajstić information content (AvgIpc) is 2.50. The smallest absolute Gasteiger partial charge is 0.0802 e. The van der Waals surface area contributed by atoms with Crippen LogP contribution in [0.3, 0.4) is 0 Å². The normalized spacial score (nSPS) is 35.6. The monoisotopic (exact) mass is 215 g/mol. The van der Waals surface area contributed by atoms with Crippen LogP contribution in [0.1, 0.15) is 32.6 Å². The van der Waals surface area contributed by atoms with Crippen LogP contribution in [0.25, 0.3) is 0 Å². The third-order valence-electron chi connectivity index (χ3n) is 3.61. The average molecular weight is 215 g/mol. The Balaban J connectivity index is 1.71. The van der Waals surface area contributed by atoms with E-state index in [1.165, 1.54) is 31.4 Å². The Kier molecular flexibility index (Phi) is 3.40. The first kappa shape index (κ1) is 10.8. The predicted octanol–water partition coefficient (Wildman–Crippen LogP) is 2.04. The molecule has 0 amide bonds. The summed E-state index contributed by atoms with van der Waals surface area (Å²) in [6, 6.07) is 0.725. The molecule has 1 aliphatic carbocycles. The van der Waals surface area contributed by atoms with E-state index >= 15 is 0 Å². The molecule has 1 N–H and O–H groups in total. The van der Waals surface area contributed by atoms with Crippen LogP contribution in [0.4, 0.5) is 0 Å². The van der Waals surface area contributed by atoms with Crippen molar-refractivity contribution in [2.24, 2.45) is 0 Å². The molecule has 1 saturated carbocycles. The van der Waals surface area contributed by atoms with Gasteiger partial charge in [0.1, 0.15) is 0 Å². The van der Waals surface area contributed by atoms with Crippen LogP contribution in [0.2, 0.25) is 0 Å². The highest BCUT2D eigenvalue weighted by Crippen LogP contribution is 2.35. The van der Waals surface area contributed by atoms with Gasteiger partial charge in [-0.2, -0.15) is 11.8 Å². The van der Waals surface area contributed by atoms with Gasteiger partial charge in [-0.25, -0.2) is 0 Å². The van der Waals surface area contributed by atoms with Crippen LogP contribution < -0.4 is 5.32 Å². The summed E-state index contributed by atoms with van der Waals surface area (Å²) in [5, 5.41) is 4.50. The summed E-state index contributed by atoms with van der Waals surface area (Å²) in [5.41, 5.74) is 0.191. The lowest BCUT2D eigenvalue weighted by atomic mass is 9.80. The Labute approximate surface area is 91.2 Å². The van der Waals surface area contributed by atoms with Crippen molar-refractivity contribution >= 4 is 11.8 Å². The van der Waals surface area contributed by atoms with Crippen molar-refractivity contribution in [2.45, 2.75) is 49.5 Å². The Morgan fingerprint density at radius 3 is 2.71 bits per heavy atom. The van der Waals surface area contributed by atoms with E-state index in [0.717, 1.165) is 17.8 Å². The molecule has 3 heteroatoms. The SMILES string of the molecule is COC1(CNC2CSC(C)C2)CCC1. The zero-order chi connectivity index (χ0) is 10.0. The first-order valence-electron chi connectivity index (χ1n) is 5.64. The lowest BCUT2D eigenvalue weighted by molar-refractivity contribution is -0.0705. The quantitative estimate of drug-likeness (QED) is 0.775. The molecule has 2 rings (SSSR count). The molecule has 0 spiro atoms. The van der Waals surface area contributed by atoms with Crippen molar-refractivity contribution in [3.8, 4) is 0 Å². The lowest BCUT2D eigenvalue weighted by Gasteiger charge is -2.41. The Morgan fingerprint density at radius 2 is 2.29 bits per heavy atom. The van der Waals surface area contributed by atoms with Crippen LogP contribution in [0.15, 0.2) is 0 Å². The molecule has 2 aliphatic rings. The van der Waals surface area contributed by atoms with Gasteiger partial charge in [0.15, 0.2) is 0 Å². The van der Waals surface area contributed by atoms with E-state index < -0.39 is 0 Å². The summed E-state index contributed by atoms with van der Waals surface area (Å²) in [5.74, 6) is 1.28. The fourth-order valence-electron chi connectivity index (χ4n) is 2.31. The molecule has 14 heavy (non-hydrogen) atoms. The summed E-state index contributed by atoms with van der Waals surface area (Å²) in [4.78, 5) is 0. The van der Waals surface area contributed by atoms with E-state index in [9.17, 15) is 0 Å². The molecule has 1 aliphatic heterocycles. The predicted molar refractivity (Wildman–Crippen MR) is 61.9 cm³/mol.